The van der Waals surface area contributed by atoms with Crippen LogP contribution in [0.15, 0.2) is 4.99 Å². The average molecular weight is 120 g/mol. The molecule has 0 rings (SSSR count). The molecule has 0 aliphatic carbocycles. The molecule has 0 saturated carbocycles. The van der Waals surface area contributed by atoms with Crippen molar-refractivity contribution < 1.29 is 62.0 Å². The Kier molecular flexibility index (Phi) is 35.4. The number of aliphatic imine (C=N–C) groups is 1. The Balaban J connectivity index is -0.0000000133. The summed E-state index contributed by atoms with van der Waals surface area (Å²) in [5, 5.41) is 0. The second-order valence-electron chi connectivity index (χ2n) is 0.623. The molecule has 0 amide bonds. The maximum absolute atomic E-state index is 4.94. The van der Waals surface area contributed by atoms with E-state index in [0.717, 1.165) is 0 Å². The quantitative estimate of drug-likeness (QED) is 0.272. The van der Waals surface area contributed by atoms with Crippen molar-refractivity contribution in [3.63, 3.8) is 0 Å². The zero-order valence-electron chi connectivity index (χ0n) is 7.31. The summed E-state index contributed by atoms with van der Waals surface area (Å²) >= 11 is 0. The zero-order chi connectivity index (χ0) is 4.12. The van der Waals surface area contributed by atoms with E-state index in [-0.39, 0.29) is 62.0 Å². The Bertz CT molecular complexity index is 44.8. The molecule has 0 saturated heterocycles. The number of hydrogen-bond acceptors (Lipinski definition) is 2. The molecule has 0 aromatic rings. The molecule has 0 heterocycles. The van der Waals surface area contributed by atoms with Gasteiger partial charge in [0.05, 0.1) is 6.67 Å². The summed E-state index contributed by atoms with van der Waals surface area (Å²) in [6.07, 6.45) is 1.68. The van der Waals surface area contributed by atoms with E-state index in [1.54, 1.807) is 6.21 Å². The van der Waals surface area contributed by atoms with Gasteiger partial charge in [-0.25, -0.2) is 0 Å². The molecule has 0 bridgehead atoms. The molecule has 0 fully saturated rings. The van der Waals surface area contributed by atoms with Gasteiger partial charge < -0.3 is 8.59 Å². The van der Waals surface area contributed by atoms with Crippen molar-refractivity contribution in [3.05, 3.63) is 0 Å². The van der Waals surface area contributed by atoms with Gasteiger partial charge in [-0.15, -0.1) is 0 Å². The molecule has 0 atom stereocenters. The minimum atomic E-state index is 0. The Morgan fingerprint density at radius 1 is 1.71 bits per heavy atom. The van der Waals surface area contributed by atoms with Crippen molar-refractivity contribution >= 4 is 6.21 Å². The fraction of sp³-hybridized carbons (Fsp3) is 0.667. The van der Waals surface area contributed by atoms with Crippen molar-refractivity contribution in [1.29, 1.82) is 0 Å². The van der Waals surface area contributed by atoms with Crippen LogP contribution in [0.2, 0.25) is 0 Å². The van der Waals surface area contributed by atoms with Gasteiger partial charge in [0.15, 0.2) is 0 Å². The van der Waals surface area contributed by atoms with E-state index in [2.05, 4.69) is 4.99 Å². The van der Waals surface area contributed by atoms with Crippen molar-refractivity contribution in [1.82, 2.24) is 0 Å². The van der Waals surface area contributed by atoms with Gasteiger partial charge >= 0.3 is 59.1 Å². The van der Waals surface area contributed by atoms with Gasteiger partial charge in [-0.3, -0.25) is 4.99 Å². The smallest absolute Gasteiger partial charge is 1.00 e. The molecule has 0 aromatic heterocycles. The van der Waals surface area contributed by atoms with E-state index >= 15 is 0 Å². The van der Waals surface area contributed by atoms with Crippen molar-refractivity contribution in [2.75, 3.05) is 6.67 Å². The van der Waals surface area contributed by atoms with Crippen LogP contribution in [0.5, 0.6) is 0 Å². The Morgan fingerprint density at radius 3 is 2.14 bits per heavy atom. The number of hydrogen-bond donors (Lipinski definition) is 1. The first-order chi connectivity index (χ1) is 2.41. The summed E-state index contributed by atoms with van der Waals surface area (Å²) < 4.78 is 0. The van der Waals surface area contributed by atoms with Crippen LogP contribution in [-0.2, 0) is 0 Å². The van der Waals surface area contributed by atoms with Crippen LogP contribution in [0.3, 0.4) is 0 Å². The van der Waals surface area contributed by atoms with Gasteiger partial charge in [0.25, 0.3) is 0 Å². The first-order valence-electron chi connectivity index (χ1n) is 1.56. The number of rotatable bonds is 1. The minimum Gasteiger partial charge on any atom is -1.00 e. The number of nitrogens with two attached hydrogens (primary N) is 1. The predicted molar refractivity (Wildman–Crippen MR) is 25.4 cm³/mol. The third kappa shape index (κ3) is 18.4. The zero-order valence-corrected chi connectivity index (χ0v) is 9.31. The summed E-state index contributed by atoms with van der Waals surface area (Å²) in [5.41, 5.74) is 4.94. The molecular formula is C3H10N2Na2. The Hall–Kier alpha value is 1.63. The van der Waals surface area contributed by atoms with E-state index in [4.69, 9.17) is 5.73 Å². The Morgan fingerprint density at radius 2 is 2.14 bits per heavy atom. The molecule has 0 aliphatic rings. The van der Waals surface area contributed by atoms with E-state index in [1.807, 2.05) is 6.92 Å². The fourth-order valence-corrected chi connectivity index (χ4v) is 0.105. The Labute approximate surface area is 91.5 Å². The first kappa shape index (κ1) is 15.9. The topological polar surface area (TPSA) is 38.4 Å². The van der Waals surface area contributed by atoms with E-state index in [9.17, 15) is 0 Å². The van der Waals surface area contributed by atoms with Crippen LogP contribution >= 0.6 is 0 Å². The van der Waals surface area contributed by atoms with Crippen LogP contribution in [0, 0.1) is 0 Å². The number of nitrogens with zero attached hydrogens (tertiary/aromatic N) is 1. The van der Waals surface area contributed by atoms with Gasteiger partial charge in [-0.1, -0.05) is 0 Å². The molecular weight excluding hydrogens is 110 g/mol. The van der Waals surface area contributed by atoms with E-state index in [1.165, 1.54) is 0 Å². The van der Waals surface area contributed by atoms with Crippen LogP contribution in [0.25, 0.3) is 0 Å². The molecule has 4 heteroatoms. The summed E-state index contributed by atoms with van der Waals surface area (Å²) in [6, 6.07) is 0. The third-order valence-electron chi connectivity index (χ3n) is 0.288. The maximum Gasteiger partial charge on any atom is 1.00 e. The second kappa shape index (κ2) is 15.6. The van der Waals surface area contributed by atoms with Gasteiger partial charge in [0.2, 0.25) is 0 Å². The van der Waals surface area contributed by atoms with Gasteiger partial charge in [-0.2, -0.15) is 0 Å². The van der Waals surface area contributed by atoms with Crippen LogP contribution in [-0.4, -0.2) is 12.9 Å². The molecule has 0 unspecified atom stereocenters. The van der Waals surface area contributed by atoms with Crippen molar-refractivity contribution in [3.8, 4) is 0 Å². The molecule has 0 radical (unpaired) electrons. The summed E-state index contributed by atoms with van der Waals surface area (Å²) in [6.45, 7) is 2.25. The van der Waals surface area contributed by atoms with Gasteiger partial charge in [0, 0.05) is 0 Å². The largest absolute Gasteiger partial charge is 1.00 e. The molecule has 0 aromatic carbocycles. The van der Waals surface area contributed by atoms with Crippen molar-refractivity contribution in [2.45, 2.75) is 6.92 Å². The van der Waals surface area contributed by atoms with Gasteiger partial charge in [-0.05, 0) is 13.1 Å². The molecule has 7 heavy (non-hydrogen) atoms. The average Bonchev–Trinajstić information content (AvgIpc) is 1.41. The fourth-order valence-electron chi connectivity index (χ4n) is 0.105. The predicted octanol–water partition coefficient (Wildman–Crippen LogP) is -5.77. The third-order valence-corrected chi connectivity index (χ3v) is 0.288. The van der Waals surface area contributed by atoms with Crippen molar-refractivity contribution in [2.24, 2.45) is 10.7 Å². The van der Waals surface area contributed by atoms with Crippen LogP contribution in [0.1, 0.15) is 9.78 Å². The maximum atomic E-state index is 4.94. The van der Waals surface area contributed by atoms with Crippen LogP contribution in [0.4, 0.5) is 0 Å². The monoisotopic (exact) mass is 120 g/mol. The molecule has 0 spiro atoms. The van der Waals surface area contributed by atoms with Crippen LogP contribution < -0.4 is 64.8 Å². The molecule has 0 aliphatic heterocycles. The minimum absolute atomic E-state index is 0. The summed E-state index contributed by atoms with van der Waals surface area (Å²) in [4.78, 5) is 3.62. The normalized spacial score (nSPS) is 7.14. The molecule has 2 N–H and O–H groups in total. The van der Waals surface area contributed by atoms with Gasteiger partial charge in [0.1, 0.15) is 0 Å². The second-order valence-corrected chi connectivity index (χ2v) is 0.623. The van der Waals surface area contributed by atoms with E-state index < -0.39 is 0 Å². The first-order valence-corrected chi connectivity index (χ1v) is 1.56. The summed E-state index contributed by atoms with van der Waals surface area (Å²) in [5.74, 6) is 0. The molecule has 34 valence electrons. The molecule has 2 nitrogen and oxygen atoms in total. The SMILES string of the molecule is CC=NCN.[H-].[H-].[Na+].[Na+]. The standard InChI is InChI=1S/C3H8N2.2Na.2H/c1-2-5-3-4;;;;/h2H,3-4H2,1H3;;;;/q;2*+1;2*-1. The van der Waals surface area contributed by atoms with E-state index in [0.29, 0.717) is 6.67 Å². The summed E-state index contributed by atoms with van der Waals surface area (Å²) in [7, 11) is 0.